The average molecular weight is 395 g/mol. The molecule has 2 N–H and O–H groups in total. The van der Waals surface area contributed by atoms with Crippen molar-refractivity contribution in [3.05, 3.63) is 75.2 Å². The molecule has 4 nitrogen and oxygen atoms in total. The van der Waals surface area contributed by atoms with Crippen LogP contribution in [0, 0.1) is 5.82 Å². The van der Waals surface area contributed by atoms with Crippen molar-refractivity contribution < 1.29 is 19.1 Å². The van der Waals surface area contributed by atoms with Gasteiger partial charge in [-0.25, -0.2) is 9.18 Å². The number of carbonyl (C=O) groups excluding carboxylic acids is 1. The van der Waals surface area contributed by atoms with E-state index in [0.29, 0.717) is 16.8 Å². The first-order valence-corrected chi connectivity index (χ1v) is 9.84. The van der Waals surface area contributed by atoms with E-state index >= 15 is 0 Å². The molecule has 1 atom stereocenters. The Morgan fingerprint density at radius 3 is 2.46 bits per heavy atom. The van der Waals surface area contributed by atoms with E-state index < -0.39 is 11.8 Å². The van der Waals surface area contributed by atoms with Crippen molar-refractivity contribution in [2.24, 2.45) is 0 Å². The summed E-state index contributed by atoms with van der Waals surface area (Å²) in [7, 11) is 0. The van der Waals surface area contributed by atoms with Crippen LogP contribution in [0.1, 0.15) is 44.9 Å². The van der Waals surface area contributed by atoms with Crippen molar-refractivity contribution in [3.8, 4) is 11.1 Å². The first kappa shape index (κ1) is 18.4. The Kier molecular flexibility index (Phi) is 4.73. The molecule has 3 aromatic rings. The first-order valence-electron chi connectivity index (χ1n) is 9.02. The second kappa shape index (κ2) is 7.20. The molecule has 1 aliphatic rings. The van der Waals surface area contributed by atoms with Gasteiger partial charge in [-0.15, -0.1) is 11.3 Å². The monoisotopic (exact) mass is 395 g/mol. The Morgan fingerprint density at radius 2 is 1.86 bits per heavy atom. The Morgan fingerprint density at radius 1 is 1.18 bits per heavy atom. The van der Waals surface area contributed by atoms with E-state index in [9.17, 15) is 19.1 Å². The summed E-state index contributed by atoms with van der Waals surface area (Å²) in [5, 5.41) is 12.6. The zero-order valence-corrected chi connectivity index (χ0v) is 16.0. The molecule has 0 radical (unpaired) electrons. The highest BCUT2D eigenvalue weighted by atomic mass is 32.1. The lowest BCUT2D eigenvalue weighted by Gasteiger charge is -2.24. The first-order chi connectivity index (χ1) is 13.5. The quantitative estimate of drug-likeness (QED) is 0.631. The highest BCUT2D eigenvalue weighted by Gasteiger charge is 2.34. The summed E-state index contributed by atoms with van der Waals surface area (Å²) in [5.41, 5.74) is 3.72. The fraction of sp³-hybridized carbons (Fsp3) is 0.182. The molecule has 6 heteroatoms. The Labute approximate surface area is 165 Å². The maximum atomic E-state index is 13.4. The zero-order valence-electron chi connectivity index (χ0n) is 15.2. The molecular formula is C22H18FNO3S. The number of hydrogen-bond acceptors (Lipinski definition) is 3. The van der Waals surface area contributed by atoms with Crippen molar-refractivity contribution in [2.75, 3.05) is 5.32 Å². The number of carboxylic acids is 1. The van der Waals surface area contributed by atoms with E-state index in [0.717, 1.165) is 16.9 Å². The van der Waals surface area contributed by atoms with Gasteiger partial charge in [-0.3, -0.25) is 4.79 Å². The molecule has 4 rings (SSSR count). The van der Waals surface area contributed by atoms with Crippen LogP contribution in [0.4, 0.5) is 10.1 Å². The molecule has 1 unspecified atom stereocenters. The number of aryl methyl sites for hydroxylation is 1. The maximum absolute atomic E-state index is 13.4. The molecule has 0 saturated heterocycles. The number of amides is 1. The minimum atomic E-state index is -1.06. The van der Waals surface area contributed by atoms with Crippen molar-refractivity contribution in [1.29, 1.82) is 0 Å². The van der Waals surface area contributed by atoms with E-state index in [1.165, 1.54) is 41.2 Å². The topological polar surface area (TPSA) is 66.4 Å². The molecule has 2 heterocycles. The van der Waals surface area contributed by atoms with Crippen molar-refractivity contribution in [2.45, 2.75) is 25.7 Å². The molecule has 142 valence electrons. The number of fused-ring (bicyclic) bond motifs is 1. The van der Waals surface area contributed by atoms with Crippen LogP contribution >= 0.6 is 11.3 Å². The van der Waals surface area contributed by atoms with Crippen molar-refractivity contribution in [1.82, 2.24) is 0 Å². The summed E-state index contributed by atoms with van der Waals surface area (Å²) in [4.78, 5) is 25.3. The fourth-order valence-corrected chi connectivity index (χ4v) is 4.83. The third kappa shape index (κ3) is 3.20. The molecule has 0 spiro atoms. The van der Waals surface area contributed by atoms with Gasteiger partial charge in [0, 0.05) is 22.8 Å². The van der Waals surface area contributed by atoms with Crippen LogP contribution in [0.2, 0.25) is 0 Å². The predicted octanol–water partition coefficient (Wildman–Crippen LogP) is 5.29. The van der Waals surface area contributed by atoms with E-state index in [1.807, 2.05) is 24.3 Å². The molecule has 0 fully saturated rings. The normalized spacial score (nSPS) is 15.8. The largest absolute Gasteiger partial charge is 0.477 e. The molecule has 1 aromatic heterocycles. The molecule has 1 amide bonds. The van der Waals surface area contributed by atoms with Crippen molar-refractivity contribution in [3.63, 3.8) is 0 Å². The average Bonchev–Trinajstić information content (AvgIpc) is 3.07. The van der Waals surface area contributed by atoms with E-state index in [2.05, 4.69) is 12.2 Å². The Bertz CT molecular complexity index is 1050. The third-order valence-electron chi connectivity index (χ3n) is 5.02. The van der Waals surface area contributed by atoms with E-state index in [-0.39, 0.29) is 23.1 Å². The second-order valence-corrected chi connectivity index (χ2v) is 7.81. The number of carboxylic acid groups (broad SMARTS) is 1. The van der Waals surface area contributed by atoms with Crippen LogP contribution in [-0.4, -0.2) is 17.0 Å². The minimum absolute atomic E-state index is 0.147. The number of rotatable bonds is 4. The van der Waals surface area contributed by atoms with Crippen LogP contribution in [-0.2, 0) is 11.2 Å². The number of anilines is 1. The van der Waals surface area contributed by atoms with Gasteiger partial charge >= 0.3 is 5.97 Å². The van der Waals surface area contributed by atoms with Gasteiger partial charge in [0.25, 0.3) is 0 Å². The van der Waals surface area contributed by atoms with Crippen LogP contribution in [0.25, 0.3) is 11.1 Å². The lowest BCUT2D eigenvalue weighted by molar-refractivity contribution is -0.116. The number of benzene rings is 2. The summed E-state index contributed by atoms with van der Waals surface area (Å²) in [6, 6.07) is 13.7. The lowest BCUT2D eigenvalue weighted by atomic mass is 9.88. The predicted molar refractivity (Wildman–Crippen MR) is 108 cm³/mol. The van der Waals surface area contributed by atoms with Gasteiger partial charge in [-0.1, -0.05) is 43.3 Å². The summed E-state index contributed by atoms with van der Waals surface area (Å²) < 4.78 is 13.4. The maximum Gasteiger partial charge on any atom is 0.346 e. The second-order valence-electron chi connectivity index (χ2n) is 6.76. The molecule has 0 bridgehead atoms. The van der Waals surface area contributed by atoms with Gasteiger partial charge < -0.3 is 10.4 Å². The van der Waals surface area contributed by atoms with Gasteiger partial charge in [0.05, 0.1) is 5.69 Å². The molecule has 1 aliphatic heterocycles. The van der Waals surface area contributed by atoms with E-state index in [1.54, 1.807) is 0 Å². The number of halogens is 1. The molecule has 2 aromatic carbocycles. The van der Waals surface area contributed by atoms with Crippen molar-refractivity contribution >= 4 is 28.9 Å². The Hall–Kier alpha value is -2.99. The van der Waals surface area contributed by atoms with Crippen LogP contribution in [0.3, 0.4) is 0 Å². The number of hydrogen-bond donors (Lipinski definition) is 2. The summed E-state index contributed by atoms with van der Waals surface area (Å²) in [5.74, 6) is -1.82. The number of nitrogens with one attached hydrogen (secondary N) is 1. The van der Waals surface area contributed by atoms with Crippen LogP contribution in [0.15, 0.2) is 48.5 Å². The summed E-state index contributed by atoms with van der Waals surface area (Å²) in [6.45, 7) is 2.08. The number of aromatic carboxylic acids is 1. The van der Waals surface area contributed by atoms with Gasteiger partial charge in [-0.05, 0) is 35.2 Å². The smallest absolute Gasteiger partial charge is 0.346 e. The van der Waals surface area contributed by atoms with Gasteiger partial charge in [0.2, 0.25) is 5.91 Å². The van der Waals surface area contributed by atoms with E-state index in [4.69, 9.17) is 0 Å². The standard InChI is InChI=1S/C22H18FNO3S/c1-2-12-3-5-13(6-4-12)16-11-17(25)24-19-18(14-7-9-15(23)10-8-14)21(22(26)27)28-20(16)19/h3-10,16H,2,11H2,1H3,(H,24,25)(H,26,27). The van der Waals surface area contributed by atoms with Crippen LogP contribution < -0.4 is 5.32 Å². The van der Waals surface area contributed by atoms with Gasteiger partial charge in [0.1, 0.15) is 10.7 Å². The molecule has 0 aliphatic carbocycles. The summed E-state index contributed by atoms with van der Waals surface area (Å²) in [6.07, 6.45) is 1.19. The summed E-state index contributed by atoms with van der Waals surface area (Å²) >= 11 is 1.18. The number of carbonyl (C=O) groups is 2. The van der Waals surface area contributed by atoms with Crippen LogP contribution in [0.5, 0.6) is 0 Å². The molecule has 28 heavy (non-hydrogen) atoms. The number of thiophene rings is 1. The third-order valence-corrected chi connectivity index (χ3v) is 6.31. The molecule has 0 saturated carbocycles. The Balaban J connectivity index is 1.89. The minimum Gasteiger partial charge on any atom is -0.477 e. The highest BCUT2D eigenvalue weighted by Crippen LogP contribution is 2.49. The van der Waals surface area contributed by atoms with Gasteiger partial charge in [-0.2, -0.15) is 0 Å². The zero-order chi connectivity index (χ0) is 19.8. The fourth-order valence-electron chi connectivity index (χ4n) is 3.58. The highest BCUT2D eigenvalue weighted by molar-refractivity contribution is 7.15. The van der Waals surface area contributed by atoms with Gasteiger partial charge in [0.15, 0.2) is 0 Å². The molecular weight excluding hydrogens is 377 g/mol. The lowest BCUT2D eigenvalue weighted by Crippen LogP contribution is -2.22. The SMILES string of the molecule is CCc1ccc(C2CC(=O)Nc3c2sc(C(=O)O)c3-c2ccc(F)cc2)cc1.